The van der Waals surface area contributed by atoms with E-state index in [0.717, 1.165) is 5.56 Å². The van der Waals surface area contributed by atoms with Crippen LogP contribution in [0.3, 0.4) is 0 Å². The van der Waals surface area contributed by atoms with Crippen molar-refractivity contribution in [1.82, 2.24) is 10.6 Å². The molecule has 1 amide bonds. The Morgan fingerprint density at radius 1 is 1.38 bits per heavy atom. The first-order valence-electron chi connectivity index (χ1n) is 5.83. The van der Waals surface area contributed by atoms with Gasteiger partial charge in [-0.15, -0.1) is 0 Å². The second-order valence-electron chi connectivity index (χ2n) is 4.36. The summed E-state index contributed by atoms with van der Waals surface area (Å²) in [6.45, 7) is 2.44. The predicted octanol–water partition coefficient (Wildman–Crippen LogP) is 1.62. The average Bonchev–Trinajstić information content (AvgIpc) is 3.11. The van der Waals surface area contributed by atoms with Crippen LogP contribution in [0.2, 0.25) is 0 Å². The largest absolute Gasteiger partial charge is 0.348 e. The van der Waals surface area contributed by atoms with Crippen LogP contribution in [0, 0.1) is 0 Å². The lowest BCUT2D eigenvalue weighted by Crippen LogP contribution is -2.36. The topological polar surface area (TPSA) is 41.1 Å². The maximum Gasteiger partial charge on any atom is 0.234 e. The molecule has 0 saturated heterocycles. The molecule has 1 fully saturated rings. The maximum absolute atomic E-state index is 11.6. The molecule has 0 spiro atoms. The highest BCUT2D eigenvalue weighted by atomic mass is 16.1. The zero-order valence-corrected chi connectivity index (χ0v) is 9.57. The fourth-order valence-electron chi connectivity index (χ4n) is 1.64. The predicted molar refractivity (Wildman–Crippen MR) is 64.0 cm³/mol. The number of hydrogen-bond acceptors (Lipinski definition) is 2. The van der Waals surface area contributed by atoms with Gasteiger partial charge in [0.15, 0.2) is 0 Å². The van der Waals surface area contributed by atoms with E-state index in [9.17, 15) is 4.79 Å². The van der Waals surface area contributed by atoms with Gasteiger partial charge < -0.3 is 10.6 Å². The lowest BCUT2D eigenvalue weighted by atomic mass is 10.1. The average molecular weight is 218 g/mol. The smallest absolute Gasteiger partial charge is 0.234 e. The number of nitrogens with one attached hydrogen (secondary N) is 2. The molecular weight excluding hydrogens is 200 g/mol. The Bertz CT molecular complexity index is 346. The summed E-state index contributed by atoms with van der Waals surface area (Å²) in [6.07, 6.45) is 2.42. The molecule has 86 valence electrons. The van der Waals surface area contributed by atoms with Crippen LogP contribution in [0.5, 0.6) is 0 Å². The van der Waals surface area contributed by atoms with Crippen molar-refractivity contribution in [3.8, 4) is 0 Å². The molecular formula is C13H18N2O. The molecule has 1 saturated carbocycles. The minimum Gasteiger partial charge on any atom is -0.348 e. The van der Waals surface area contributed by atoms with Crippen LogP contribution in [0.15, 0.2) is 30.3 Å². The minimum absolute atomic E-state index is 0.0725. The highest BCUT2D eigenvalue weighted by Crippen LogP contribution is 2.18. The summed E-state index contributed by atoms with van der Waals surface area (Å²) in [7, 11) is 0. The molecule has 3 nitrogen and oxygen atoms in total. The lowest BCUT2D eigenvalue weighted by Gasteiger charge is -2.14. The molecule has 1 atom stereocenters. The van der Waals surface area contributed by atoms with Crippen molar-refractivity contribution in [2.24, 2.45) is 0 Å². The second kappa shape index (κ2) is 5.12. The van der Waals surface area contributed by atoms with Gasteiger partial charge in [-0.25, -0.2) is 0 Å². The molecule has 16 heavy (non-hydrogen) atoms. The number of benzene rings is 1. The first-order valence-corrected chi connectivity index (χ1v) is 5.83. The van der Waals surface area contributed by atoms with Crippen LogP contribution in [-0.2, 0) is 4.79 Å². The van der Waals surface area contributed by atoms with E-state index in [4.69, 9.17) is 0 Å². The molecule has 0 aliphatic heterocycles. The van der Waals surface area contributed by atoms with Crippen molar-refractivity contribution in [3.63, 3.8) is 0 Å². The van der Waals surface area contributed by atoms with E-state index < -0.39 is 0 Å². The van der Waals surface area contributed by atoms with E-state index in [1.165, 1.54) is 12.8 Å². The first-order chi connectivity index (χ1) is 7.75. The van der Waals surface area contributed by atoms with Crippen LogP contribution < -0.4 is 10.6 Å². The highest BCUT2D eigenvalue weighted by molar-refractivity contribution is 5.78. The molecule has 3 heteroatoms. The number of carbonyl (C=O) groups excluding carboxylic acids is 1. The minimum atomic E-state index is 0.0725. The molecule has 2 N–H and O–H groups in total. The van der Waals surface area contributed by atoms with Gasteiger partial charge in [-0.05, 0) is 25.3 Å². The third kappa shape index (κ3) is 3.35. The summed E-state index contributed by atoms with van der Waals surface area (Å²) < 4.78 is 0. The number of carbonyl (C=O) groups is 1. The third-order valence-corrected chi connectivity index (χ3v) is 2.81. The number of amides is 1. The van der Waals surface area contributed by atoms with Crippen LogP contribution in [0.1, 0.15) is 31.4 Å². The Balaban J connectivity index is 1.77. The molecule has 0 aromatic heterocycles. The molecule has 1 aromatic carbocycles. The zero-order chi connectivity index (χ0) is 11.4. The quantitative estimate of drug-likeness (QED) is 0.788. The Morgan fingerprint density at radius 3 is 2.69 bits per heavy atom. The fourth-order valence-corrected chi connectivity index (χ4v) is 1.64. The Kier molecular flexibility index (Phi) is 3.57. The lowest BCUT2D eigenvalue weighted by molar-refractivity contribution is -0.120. The first kappa shape index (κ1) is 11.1. The van der Waals surface area contributed by atoms with E-state index in [1.54, 1.807) is 0 Å². The number of hydrogen-bond donors (Lipinski definition) is 2. The third-order valence-electron chi connectivity index (χ3n) is 2.81. The SMILES string of the molecule is C[C@@H](NC(=O)CNC1CC1)c1ccccc1. The summed E-state index contributed by atoms with van der Waals surface area (Å²) in [5, 5.41) is 6.18. The van der Waals surface area contributed by atoms with E-state index >= 15 is 0 Å². The van der Waals surface area contributed by atoms with Gasteiger partial charge in [0.25, 0.3) is 0 Å². The van der Waals surface area contributed by atoms with Crippen molar-refractivity contribution < 1.29 is 4.79 Å². The van der Waals surface area contributed by atoms with E-state index in [1.807, 2.05) is 37.3 Å². The van der Waals surface area contributed by atoms with Gasteiger partial charge >= 0.3 is 0 Å². The van der Waals surface area contributed by atoms with Crippen molar-refractivity contribution in [2.75, 3.05) is 6.54 Å². The normalized spacial score (nSPS) is 16.8. The van der Waals surface area contributed by atoms with Crippen molar-refractivity contribution in [3.05, 3.63) is 35.9 Å². The molecule has 0 radical (unpaired) electrons. The van der Waals surface area contributed by atoms with Crippen molar-refractivity contribution in [2.45, 2.75) is 31.8 Å². The molecule has 0 heterocycles. The van der Waals surface area contributed by atoms with E-state index in [-0.39, 0.29) is 11.9 Å². The molecule has 1 aromatic rings. The molecule has 0 unspecified atom stereocenters. The molecule has 1 aliphatic rings. The van der Waals surface area contributed by atoms with Gasteiger partial charge in [0.1, 0.15) is 0 Å². The van der Waals surface area contributed by atoms with Crippen molar-refractivity contribution in [1.29, 1.82) is 0 Å². The van der Waals surface area contributed by atoms with Crippen molar-refractivity contribution >= 4 is 5.91 Å². The van der Waals surface area contributed by atoms with Crippen LogP contribution in [-0.4, -0.2) is 18.5 Å². The summed E-state index contributed by atoms with van der Waals surface area (Å²) in [6, 6.07) is 10.7. The van der Waals surface area contributed by atoms with Gasteiger partial charge in [-0.3, -0.25) is 4.79 Å². The summed E-state index contributed by atoms with van der Waals surface area (Å²) in [5.41, 5.74) is 1.14. The second-order valence-corrected chi connectivity index (χ2v) is 4.36. The Labute approximate surface area is 96.2 Å². The summed E-state index contributed by atoms with van der Waals surface area (Å²) >= 11 is 0. The van der Waals surface area contributed by atoms with Gasteiger partial charge in [0.05, 0.1) is 12.6 Å². The van der Waals surface area contributed by atoms with Gasteiger partial charge in [-0.1, -0.05) is 30.3 Å². The maximum atomic E-state index is 11.6. The standard InChI is InChI=1S/C13H18N2O/c1-10(11-5-3-2-4-6-11)15-13(16)9-14-12-7-8-12/h2-6,10,12,14H,7-9H2,1H3,(H,15,16)/t10-/m1/s1. The van der Waals surface area contributed by atoms with Gasteiger partial charge in [0, 0.05) is 6.04 Å². The monoisotopic (exact) mass is 218 g/mol. The van der Waals surface area contributed by atoms with E-state index in [0.29, 0.717) is 12.6 Å². The fraction of sp³-hybridized carbons (Fsp3) is 0.462. The van der Waals surface area contributed by atoms with Crippen LogP contribution in [0.4, 0.5) is 0 Å². The van der Waals surface area contributed by atoms with Gasteiger partial charge in [-0.2, -0.15) is 0 Å². The van der Waals surface area contributed by atoms with Gasteiger partial charge in [0.2, 0.25) is 5.91 Å². The van der Waals surface area contributed by atoms with Crippen LogP contribution >= 0.6 is 0 Å². The Hall–Kier alpha value is -1.35. The Morgan fingerprint density at radius 2 is 2.06 bits per heavy atom. The molecule has 1 aliphatic carbocycles. The highest BCUT2D eigenvalue weighted by Gasteiger charge is 2.21. The zero-order valence-electron chi connectivity index (χ0n) is 9.57. The number of rotatable bonds is 5. The summed E-state index contributed by atoms with van der Waals surface area (Å²) in [5.74, 6) is 0.0725. The summed E-state index contributed by atoms with van der Waals surface area (Å²) in [4.78, 5) is 11.6. The van der Waals surface area contributed by atoms with E-state index in [2.05, 4.69) is 10.6 Å². The molecule has 0 bridgehead atoms. The van der Waals surface area contributed by atoms with Crippen LogP contribution in [0.25, 0.3) is 0 Å². The molecule has 2 rings (SSSR count).